The van der Waals surface area contributed by atoms with Crippen molar-refractivity contribution in [3.63, 3.8) is 0 Å². The first-order valence-corrected chi connectivity index (χ1v) is 40.2. The topological polar surface area (TPSA) is 237 Å². The SMILES string of the molecule is CCCCCC/C=C\C=C/CCCCCCCC(=O)O[C@H](COC(=O)CCCCCCCCCCCCC(C)CC)COP(=O)(O)OC[C@@H](O)COP(=O)(O)OC[C@@H](COC(=O)CCCCCCCCC(C)C)OC(=O)CCCCCCCCCCCCC(C)CC. The van der Waals surface area contributed by atoms with E-state index in [0.29, 0.717) is 31.6 Å². The molecule has 0 aromatic heterocycles. The average molecular weight is 1350 g/mol. The van der Waals surface area contributed by atoms with E-state index in [1.165, 1.54) is 135 Å². The maximum absolute atomic E-state index is 13.0. The second kappa shape index (κ2) is 63.3. The second-order valence-corrected chi connectivity index (χ2v) is 29.5. The van der Waals surface area contributed by atoms with E-state index in [-0.39, 0.29) is 25.7 Å². The lowest BCUT2D eigenvalue weighted by molar-refractivity contribution is -0.161. The van der Waals surface area contributed by atoms with Crippen molar-refractivity contribution in [1.29, 1.82) is 0 Å². The number of carbonyl (C=O) groups excluding carboxylic acids is 4. The lowest BCUT2D eigenvalue weighted by Gasteiger charge is -2.21. The van der Waals surface area contributed by atoms with Gasteiger partial charge in [0.25, 0.3) is 0 Å². The molecule has 0 aromatic rings. The first-order valence-electron chi connectivity index (χ1n) is 37.2. The van der Waals surface area contributed by atoms with E-state index < -0.39 is 97.5 Å². The lowest BCUT2D eigenvalue weighted by Crippen LogP contribution is -2.30. The predicted octanol–water partition coefficient (Wildman–Crippen LogP) is 20.6. The van der Waals surface area contributed by atoms with Crippen LogP contribution in [0.3, 0.4) is 0 Å². The zero-order valence-corrected chi connectivity index (χ0v) is 61.3. The highest BCUT2D eigenvalue weighted by Crippen LogP contribution is 2.45. The summed E-state index contributed by atoms with van der Waals surface area (Å²) in [6.45, 7) is 11.8. The molecule has 0 bridgehead atoms. The minimum absolute atomic E-state index is 0.0844. The number of hydrogen-bond acceptors (Lipinski definition) is 15. The smallest absolute Gasteiger partial charge is 0.462 e. The van der Waals surface area contributed by atoms with Crippen molar-refractivity contribution in [3.8, 4) is 0 Å². The highest BCUT2D eigenvalue weighted by atomic mass is 31.2. The number of aliphatic hydroxyl groups is 1. The molecule has 0 fully saturated rings. The van der Waals surface area contributed by atoms with Crippen LogP contribution in [0.15, 0.2) is 24.3 Å². The van der Waals surface area contributed by atoms with Crippen LogP contribution in [-0.4, -0.2) is 96.7 Å². The molecule has 92 heavy (non-hydrogen) atoms. The molecule has 0 saturated heterocycles. The molecule has 19 heteroatoms. The van der Waals surface area contributed by atoms with E-state index in [1.807, 2.05) is 0 Å². The summed E-state index contributed by atoms with van der Waals surface area (Å²) in [5, 5.41) is 10.6. The van der Waals surface area contributed by atoms with E-state index in [2.05, 4.69) is 72.8 Å². The van der Waals surface area contributed by atoms with Gasteiger partial charge in [0.05, 0.1) is 26.4 Å². The molecule has 4 unspecified atom stereocenters. The lowest BCUT2D eigenvalue weighted by atomic mass is 9.99. The first kappa shape index (κ1) is 89.5. The van der Waals surface area contributed by atoms with E-state index >= 15 is 0 Å². The highest BCUT2D eigenvalue weighted by molar-refractivity contribution is 7.47. The summed E-state index contributed by atoms with van der Waals surface area (Å²) in [5.41, 5.74) is 0. The molecule has 0 aromatic carbocycles. The number of hydrogen-bond donors (Lipinski definition) is 3. The van der Waals surface area contributed by atoms with Gasteiger partial charge in [0, 0.05) is 25.7 Å². The number of esters is 4. The fourth-order valence-electron chi connectivity index (χ4n) is 10.5. The Balaban J connectivity index is 5.30. The summed E-state index contributed by atoms with van der Waals surface area (Å²) in [6, 6.07) is 0. The second-order valence-electron chi connectivity index (χ2n) is 26.6. The van der Waals surface area contributed by atoms with Gasteiger partial charge in [0.15, 0.2) is 12.2 Å². The highest BCUT2D eigenvalue weighted by Gasteiger charge is 2.30. The minimum atomic E-state index is -4.96. The van der Waals surface area contributed by atoms with Gasteiger partial charge in [-0.25, -0.2) is 9.13 Å². The van der Waals surface area contributed by atoms with Crippen LogP contribution < -0.4 is 0 Å². The van der Waals surface area contributed by atoms with Crippen LogP contribution in [0.2, 0.25) is 0 Å². The standard InChI is InChI=1S/C73H138O17P2/c1-8-11-12-13-14-15-16-17-18-19-20-28-33-42-49-56-72(77)89-68(60-83-70(75)54-47-40-32-27-23-21-25-30-38-45-52-65(6)9-2)62-87-91(79,80)85-58-67(74)59-86-92(81,82)88-63-69(61-84-71(76)55-48-41-36-35-37-44-51-64(4)5)90-73(78)57-50-43-34-29-24-22-26-31-39-46-53-66(7)10-3/h15-18,64-69,74H,8-14,19-63H2,1-7H3,(H,79,80)(H,81,82)/b16-15-,18-17-/t65?,66?,67-,68-,69-/m1/s1. The maximum atomic E-state index is 13.0. The number of unbranched alkanes of at least 4 members (excludes halogenated alkanes) is 32. The van der Waals surface area contributed by atoms with Gasteiger partial charge >= 0.3 is 39.5 Å². The Bertz CT molecular complexity index is 1900. The number of ether oxygens (including phenoxy) is 4. The summed E-state index contributed by atoms with van der Waals surface area (Å²) >= 11 is 0. The number of carbonyl (C=O) groups is 4. The summed E-state index contributed by atoms with van der Waals surface area (Å²) < 4.78 is 68.3. The fourth-order valence-corrected chi connectivity index (χ4v) is 12.0. The third-order valence-electron chi connectivity index (χ3n) is 17.0. The van der Waals surface area contributed by atoms with Crippen molar-refractivity contribution in [2.24, 2.45) is 17.8 Å². The average Bonchev–Trinajstić information content (AvgIpc) is 2.85. The summed E-state index contributed by atoms with van der Waals surface area (Å²) in [5.74, 6) is 0.131. The fraction of sp³-hybridized carbons (Fsp3) is 0.890. The van der Waals surface area contributed by atoms with Crippen molar-refractivity contribution < 1.29 is 80.2 Å². The predicted molar refractivity (Wildman–Crippen MR) is 372 cm³/mol. The molecule has 0 spiro atoms. The van der Waals surface area contributed by atoms with Crippen molar-refractivity contribution in [3.05, 3.63) is 24.3 Å². The molecule has 0 rings (SSSR count). The van der Waals surface area contributed by atoms with Gasteiger partial charge in [-0.2, -0.15) is 0 Å². The number of aliphatic hydroxyl groups excluding tert-OH is 1. The number of rotatable bonds is 69. The van der Waals surface area contributed by atoms with Crippen LogP contribution in [-0.2, 0) is 65.4 Å². The summed E-state index contributed by atoms with van der Waals surface area (Å²) in [4.78, 5) is 72.6. The number of phosphoric acid groups is 2. The van der Waals surface area contributed by atoms with Crippen LogP contribution in [0.25, 0.3) is 0 Å². The molecular weight excluding hydrogens is 1210 g/mol. The minimum Gasteiger partial charge on any atom is -0.462 e. The third-order valence-corrected chi connectivity index (χ3v) is 18.9. The van der Waals surface area contributed by atoms with Gasteiger partial charge in [-0.15, -0.1) is 0 Å². The molecule has 7 atom stereocenters. The van der Waals surface area contributed by atoms with Crippen molar-refractivity contribution in [2.45, 2.75) is 362 Å². The van der Waals surface area contributed by atoms with Crippen LogP contribution in [0.1, 0.15) is 344 Å². The van der Waals surface area contributed by atoms with Crippen molar-refractivity contribution in [2.75, 3.05) is 39.6 Å². The zero-order valence-electron chi connectivity index (χ0n) is 59.5. The van der Waals surface area contributed by atoms with E-state index in [4.69, 9.17) is 37.0 Å². The Labute approximate surface area is 561 Å². The van der Waals surface area contributed by atoms with Crippen LogP contribution in [0.4, 0.5) is 0 Å². The normalized spacial score (nSPS) is 14.9. The van der Waals surface area contributed by atoms with Crippen LogP contribution in [0.5, 0.6) is 0 Å². The quantitative estimate of drug-likeness (QED) is 0.0169. The van der Waals surface area contributed by atoms with Gasteiger partial charge in [0.1, 0.15) is 19.3 Å². The molecule has 17 nitrogen and oxygen atoms in total. The molecule has 0 heterocycles. The Morgan fingerprint density at radius 1 is 0.359 bits per heavy atom. The van der Waals surface area contributed by atoms with Crippen molar-refractivity contribution >= 4 is 39.5 Å². The van der Waals surface area contributed by atoms with Crippen LogP contribution in [0, 0.1) is 17.8 Å². The number of phosphoric ester groups is 2. The monoisotopic (exact) mass is 1350 g/mol. The zero-order chi connectivity index (χ0) is 68.0. The summed E-state index contributed by atoms with van der Waals surface area (Å²) in [7, 11) is -9.92. The Hall–Kier alpha value is -2.46. The Morgan fingerprint density at radius 2 is 0.641 bits per heavy atom. The molecule has 0 radical (unpaired) electrons. The van der Waals surface area contributed by atoms with Crippen LogP contribution >= 0.6 is 15.6 Å². The number of allylic oxidation sites excluding steroid dienone is 4. The van der Waals surface area contributed by atoms with E-state index in [1.54, 1.807) is 0 Å². The molecule has 542 valence electrons. The van der Waals surface area contributed by atoms with Crippen molar-refractivity contribution in [1.82, 2.24) is 0 Å². The van der Waals surface area contributed by atoms with Gasteiger partial charge in [-0.3, -0.25) is 37.3 Å². The van der Waals surface area contributed by atoms with Gasteiger partial charge in [-0.05, 0) is 69.1 Å². The molecule has 0 amide bonds. The molecule has 0 aliphatic heterocycles. The first-order chi connectivity index (χ1) is 44.3. The third kappa shape index (κ3) is 63.6. The molecular formula is C73H138O17P2. The maximum Gasteiger partial charge on any atom is 0.472 e. The van der Waals surface area contributed by atoms with E-state index in [0.717, 1.165) is 121 Å². The van der Waals surface area contributed by atoms with Gasteiger partial charge in [0.2, 0.25) is 0 Å². The molecule has 0 saturated carbocycles. The molecule has 0 aliphatic rings. The van der Waals surface area contributed by atoms with Gasteiger partial charge < -0.3 is 33.8 Å². The van der Waals surface area contributed by atoms with E-state index in [9.17, 15) is 43.2 Å². The Kier molecular flexibility index (Phi) is 61.6. The largest absolute Gasteiger partial charge is 0.472 e. The molecule has 0 aliphatic carbocycles. The van der Waals surface area contributed by atoms with Gasteiger partial charge in [-0.1, -0.05) is 291 Å². The molecule has 3 N–H and O–H groups in total. The Morgan fingerprint density at radius 3 is 0.967 bits per heavy atom. The summed E-state index contributed by atoms with van der Waals surface area (Å²) in [6.07, 6.45) is 50.7.